The Hall–Kier alpha value is -2.31. The van der Waals surface area contributed by atoms with Gasteiger partial charge in [0, 0.05) is 28.3 Å². The van der Waals surface area contributed by atoms with E-state index < -0.39 is 5.91 Å². The van der Waals surface area contributed by atoms with Crippen molar-refractivity contribution in [3.63, 3.8) is 0 Å². The number of hydrogen-bond donors (Lipinski definition) is 1. The lowest BCUT2D eigenvalue weighted by Crippen LogP contribution is -2.23. The highest BCUT2D eigenvalue weighted by atomic mass is 79.9. The van der Waals surface area contributed by atoms with E-state index >= 15 is 0 Å². The van der Waals surface area contributed by atoms with Gasteiger partial charge in [0.2, 0.25) is 5.43 Å². The Kier molecular flexibility index (Phi) is 4.25. The highest BCUT2D eigenvalue weighted by Crippen LogP contribution is 2.29. The van der Waals surface area contributed by atoms with Crippen LogP contribution in [0.15, 0.2) is 45.8 Å². The van der Waals surface area contributed by atoms with Crippen molar-refractivity contribution in [1.82, 2.24) is 4.57 Å². The first-order chi connectivity index (χ1) is 12.5. The monoisotopic (exact) mass is 432 g/mol. The highest BCUT2D eigenvalue weighted by molar-refractivity contribution is 9.10. The summed E-state index contributed by atoms with van der Waals surface area (Å²) in [6.07, 6.45) is 2.48. The molecule has 1 N–H and O–H groups in total. The number of halogens is 2. The smallest absolute Gasteiger partial charge is 0.261 e. The number of ether oxygens (including phenoxy) is 1. The Morgan fingerprint density at radius 2 is 2.12 bits per heavy atom. The van der Waals surface area contributed by atoms with Crippen molar-refractivity contribution in [2.45, 2.75) is 13.0 Å². The Labute approximate surface area is 162 Å². The summed E-state index contributed by atoms with van der Waals surface area (Å²) in [7, 11) is 1.52. The standard InChI is InChI=1S/C19H14BrClN2O3/c1-26-16-3-2-12(8-15(16)21)22-19(25)14-9-23-5-4-10-6-11(20)7-13(17(10)23)18(14)24/h2-3,6-9H,4-5H2,1H3,(H,22,25). The van der Waals surface area contributed by atoms with Gasteiger partial charge in [-0.05, 0) is 42.3 Å². The maximum absolute atomic E-state index is 12.9. The molecule has 0 saturated heterocycles. The zero-order valence-electron chi connectivity index (χ0n) is 13.8. The summed E-state index contributed by atoms with van der Waals surface area (Å²) < 4.78 is 7.91. The first-order valence-electron chi connectivity index (χ1n) is 7.98. The van der Waals surface area contributed by atoms with Gasteiger partial charge in [-0.3, -0.25) is 9.59 Å². The van der Waals surface area contributed by atoms with Crippen molar-refractivity contribution in [3.8, 4) is 5.75 Å². The molecule has 26 heavy (non-hydrogen) atoms. The largest absolute Gasteiger partial charge is 0.495 e. The lowest BCUT2D eigenvalue weighted by atomic mass is 10.1. The van der Waals surface area contributed by atoms with E-state index in [1.54, 1.807) is 30.5 Å². The second-order valence-corrected chi connectivity index (χ2v) is 7.40. The van der Waals surface area contributed by atoms with Gasteiger partial charge in [-0.1, -0.05) is 27.5 Å². The molecule has 0 saturated carbocycles. The molecule has 2 heterocycles. The van der Waals surface area contributed by atoms with Gasteiger partial charge in [0.15, 0.2) is 0 Å². The van der Waals surface area contributed by atoms with E-state index in [1.807, 2.05) is 10.6 Å². The van der Waals surface area contributed by atoms with Crippen LogP contribution in [-0.4, -0.2) is 17.6 Å². The minimum atomic E-state index is -0.463. The number of nitrogens with one attached hydrogen (secondary N) is 1. The van der Waals surface area contributed by atoms with Crippen molar-refractivity contribution in [1.29, 1.82) is 0 Å². The quantitative estimate of drug-likeness (QED) is 0.672. The topological polar surface area (TPSA) is 60.3 Å². The molecular formula is C19H14BrClN2O3. The van der Waals surface area contributed by atoms with Crippen LogP contribution < -0.4 is 15.5 Å². The molecule has 2 aromatic carbocycles. The minimum Gasteiger partial charge on any atom is -0.495 e. The van der Waals surface area contributed by atoms with Crippen LogP contribution in [0.3, 0.4) is 0 Å². The van der Waals surface area contributed by atoms with Crippen molar-refractivity contribution in [2.75, 3.05) is 12.4 Å². The number of anilines is 1. The van der Waals surface area contributed by atoms with Gasteiger partial charge in [-0.2, -0.15) is 0 Å². The normalized spacial score (nSPS) is 12.4. The first-order valence-corrected chi connectivity index (χ1v) is 9.15. The maximum atomic E-state index is 12.9. The predicted octanol–water partition coefficient (Wildman–Crippen LogP) is 4.23. The third kappa shape index (κ3) is 2.79. The van der Waals surface area contributed by atoms with Crippen molar-refractivity contribution in [3.05, 3.63) is 67.4 Å². The van der Waals surface area contributed by atoms with Crippen LogP contribution in [0.2, 0.25) is 5.02 Å². The van der Waals surface area contributed by atoms with Crippen LogP contribution in [-0.2, 0) is 13.0 Å². The van der Waals surface area contributed by atoms with E-state index in [4.69, 9.17) is 16.3 Å². The SMILES string of the molecule is COc1ccc(NC(=O)c2cn3c4c(cc(Br)cc4c2=O)CC3)cc1Cl. The molecular weight excluding hydrogens is 420 g/mol. The van der Waals surface area contributed by atoms with Gasteiger partial charge in [-0.15, -0.1) is 0 Å². The fraction of sp³-hybridized carbons (Fsp3) is 0.158. The highest BCUT2D eigenvalue weighted by Gasteiger charge is 2.21. The molecule has 1 aromatic heterocycles. The molecule has 0 fully saturated rings. The van der Waals surface area contributed by atoms with Crippen LogP contribution in [0.5, 0.6) is 5.75 Å². The molecule has 1 amide bonds. The zero-order chi connectivity index (χ0) is 18.4. The third-order valence-corrected chi connectivity index (χ3v) is 5.24. The molecule has 0 unspecified atom stereocenters. The molecule has 3 aromatic rings. The first kappa shape index (κ1) is 17.1. The van der Waals surface area contributed by atoms with Crippen LogP contribution in [0, 0.1) is 0 Å². The number of methoxy groups -OCH3 is 1. The lowest BCUT2D eigenvalue weighted by molar-refractivity contribution is 0.102. The number of hydrogen-bond acceptors (Lipinski definition) is 3. The van der Waals surface area contributed by atoms with E-state index in [9.17, 15) is 9.59 Å². The summed E-state index contributed by atoms with van der Waals surface area (Å²) in [5.74, 6) is 0.0521. The Morgan fingerprint density at radius 1 is 1.31 bits per heavy atom. The third-order valence-electron chi connectivity index (χ3n) is 4.49. The van der Waals surface area contributed by atoms with Gasteiger partial charge >= 0.3 is 0 Å². The lowest BCUT2D eigenvalue weighted by Gasteiger charge is -2.11. The van der Waals surface area contributed by atoms with E-state index in [0.717, 1.165) is 28.5 Å². The predicted molar refractivity (Wildman–Crippen MR) is 106 cm³/mol. The fourth-order valence-electron chi connectivity index (χ4n) is 3.30. The van der Waals surface area contributed by atoms with Crippen molar-refractivity contribution < 1.29 is 9.53 Å². The molecule has 0 radical (unpaired) electrons. The molecule has 5 nitrogen and oxygen atoms in total. The second-order valence-electron chi connectivity index (χ2n) is 6.08. The number of benzene rings is 2. The van der Waals surface area contributed by atoms with Crippen LogP contribution >= 0.6 is 27.5 Å². The summed E-state index contributed by atoms with van der Waals surface area (Å²) in [4.78, 5) is 25.6. The molecule has 7 heteroatoms. The Morgan fingerprint density at radius 3 is 2.85 bits per heavy atom. The van der Waals surface area contributed by atoms with Gasteiger partial charge < -0.3 is 14.6 Å². The van der Waals surface area contributed by atoms with Gasteiger partial charge in [0.25, 0.3) is 5.91 Å². The summed E-state index contributed by atoms with van der Waals surface area (Å²) in [5.41, 5.74) is 2.34. The second kappa shape index (κ2) is 6.45. The number of pyridine rings is 1. The van der Waals surface area contributed by atoms with Gasteiger partial charge in [-0.25, -0.2) is 0 Å². The van der Waals surface area contributed by atoms with Gasteiger partial charge in [0.1, 0.15) is 11.3 Å². The number of rotatable bonds is 3. The fourth-order valence-corrected chi connectivity index (χ4v) is 4.07. The summed E-state index contributed by atoms with van der Waals surface area (Å²) in [6.45, 7) is 0.747. The van der Waals surface area contributed by atoms with E-state index in [1.165, 1.54) is 7.11 Å². The number of aryl methyl sites for hydroxylation is 2. The Bertz CT molecular complexity index is 1120. The van der Waals surface area contributed by atoms with Gasteiger partial charge in [0.05, 0.1) is 17.6 Å². The Balaban J connectivity index is 1.76. The van der Waals surface area contributed by atoms with Crippen molar-refractivity contribution >= 4 is 50.0 Å². The minimum absolute atomic E-state index is 0.107. The van der Waals surface area contributed by atoms with Crippen molar-refractivity contribution in [2.24, 2.45) is 0 Å². The maximum Gasteiger partial charge on any atom is 0.261 e. The number of nitrogens with zero attached hydrogens (tertiary/aromatic N) is 1. The van der Waals surface area contributed by atoms with Crippen LogP contribution in [0.4, 0.5) is 5.69 Å². The molecule has 0 aliphatic carbocycles. The number of aromatic nitrogens is 1. The summed E-state index contributed by atoms with van der Waals surface area (Å²) in [5, 5.41) is 3.67. The van der Waals surface area contributed by atoms with Crippen LogP contribution in [0.25, 0.3) is 10.9 Å². The molecule has 4 rings (SSSR count). The number of carbonyl (C=O) groups excluding carboxylic acids is 1. The summed E-state index contributed by atoms with van der Waals surface area (Å²) >= 11 is 9.54. The molecule has 1 aliphatic heterocycles. The van der Waals surface area contributed by atoms with E-state index in [2.05, 4.69) is 21.2 Å². The van der Waals surface area contributed by atoms with E-state index in [0.29, 0.717) is 21.8 Å². The molecule has 1 aliphatic rings. The summed E-state index contributed by atoms with van der Waals surface area (Å²) in [6, 6.07) is 8.71. The molecule has 0 atom stereocenters. The average Bonchev–Trinajstić information content (AvgIpc) is 3.01. The van der Waals surface area contributed by atoms with E-state index in [-0.39, 0.29) is 11.0 Å². The molecule has 0 spiro atoms. The zero-order valence-corrected chi connectivity index (χ0v) is 16.1. The molecule has 0 bridgehead atoms. The van der Waals surface area contributed by atoms with Crippen LogP contribution in [0.1, 0.15) is 15.9 Å². The number of amides is 1. The average molecular weight is 434 g/mol. The number of carbonyl (C=O) groups is 1. The molecule has 132 valence electrons.